The quantitative estimate of drug-likeness (QED) is 0.735. The Morgan fingerprint density at radius 1 is 1.50 bits per heavy atom. The van der Waals surface area contributed by atoms with E-state index in [4.69, 9.17) is 15.2 Å². The molecule has 2 aliphatic rings. The molecule has 5 nitrogen and oxygen atoms in total. The number of nitrogens with two attached hydrogens (primary N) is 1. The van der Waals surface area contributed by atoms with Crippen molar-refractivity contribution in [1.82, 2.24) is 4.90 Å². The minimum absolute atomic E-state index is 0.114. The molecular weight excluding hydrogens is 208 g/mol. The summed E-state index contributed by atoms with van der Waals surface area (Å²) < 4.78 is 11.3. The molecule has 0 aromatic rings. The van der Waals surface area contributed by atoms with Crippen LogP contribution in [0.15, 0.2) is 0 Å². The van der Waals surface area contributed by atoms with Crippen LogP contribution in [0, 0.1) is 5.92 Å². The number of hydrogen-bond donors (Lipinski definition) is 1. The molecule has 2 saturated heterocycles. The SMILES string of the molecule is CC(CN1CCCC2(C1)OCCO2)C(N)=O. The number of likely N-dealkylation sites (tertiary alicyclic amines) is 1. The number of rotatable bonds is 3. The van der Waals surface area contributed by atoms with Crippen LogP contribution < -0.4 is 5.73 Å². The van der Waals surface area contributed by atoms with Crippen molar-refractivity contribution in [2.45, 2.75) is 25.6 Å². The minimum Gasteiger partial charge on any atom is -0.369 e. The minimum atomic E-state index is -0.407. The first-order chi connectivity index (χ1) is 7.61. The summed E-state index contributed by atoms with van der Waals surface area (Å²) in [5.41, 5.74) is 5.27. The molecule has 0 saturated carbocycles. The lowest BCUT2D eigenvalue weighted by Crippen LogP contribution is -2.50. The van der Waals surface area contributed by atoms with E-state index in [1.54, 1.807) is 0 Å². The highest BCUT2D eigenvalue weighted by Gasteiger charge is 2.40. The molecular formula is C11H20N2O3. The first kappa shape index (κ1) is 11.8. The Morgan fingerprint density at radius 3 is 2.81 bits per heavy atom. The van der Waals surface area contributed by atoms with Crippen molar-refractivity contribution in [2.24, 2.45) is 11.7 Å². The number of carbonyl (C=O) groups is 1. The Morgan fingerprint density at radius 2 is 2.19 bits per heavy atom. The summed E-state index contributed by atoms with van der Waals surface area (Å²) in [6.45, 7) is 5.67. The van der Waals surface area contributed by atoms with Gasteiger partial charge in [0.05, 0.1) is 19.8 Å². The summed E-state index contributed by atoms with van der Waals surface area (Å²) in [6.07, 6.45) is 2.00. The van der Waals surface area contributed by atoms with Crippen LogP contribution in [-0.4, -0.2) is 49.4 Å². The predicted octanol–water partition coefficient (Wildman–Crippen LogP) is -0.0533. The molecule has 2 rings (SSSR count). The normalized spacial score (nSPS) is 27.1. The van der Waals surface area contributed by atoms with Gasteiger partial charge in [-0.2, -0.15) is 0 Å². The highest BCUT2D eigenvalue weighted by Crippen LogP contribution is 2.30. The van der Waals surface area contributed by atoms with E-state index in [0.717, 1.165) is 25.9 Å². The molecule has 1 amide bonds. The number of primary amides is 1. The van der Waals surface area contributed by atoms with Crippen molar-refractivity contribution in [2.75, 3.05) is 32.8 Å². The summed E-state index contributed by atoms with van der Waals surface area (Å²) in [4.78, 5) is 13.2. The summed E-state index contributed by atoms with van der Waals surface area (Å²) in [7, 11) is 0. The standard InChI is InChI=1S/C11H20N2O3/c1-9(10(12)14)7-13-4-2-3-11(8-13)15-5-6-16-11/h9H,2-8H2,1H3,(H2,12,14). The zero-order valence-electron chi connectivity index (χ0n) is 9.78. The van der Waals surface area contributed by atoms with Crippen molar-refractivity contribution in [3.8, 4) is 0 Å². The van der Waals surface area contributed by atoms with Crippen LogP contribution in [0.5, 0.6) is 0 Å². The summed E-state index contributed by atoms with van der Waals surface area (Å²) in [5.74, 6) is -0.764. The van der Waals surface area contributed by atoms with E-state index < -0.39 is 5.79 Å². The van der Waals surface area contributed by atoms with Crippen molar-refractivity contribution in [1.29, 1.82) is 0 Å². The van der Waals surface area contributed by atoms with Gasteiger partial charge in [0.15, 0.2) is 5.79 Å². The van der Waals surface area contributed by atoms with Crippen LogP contribution in [0.2, 0.25) is 0 Å². The van der Waals surface area contributed by atoms with Crippen molar-refractivity contribution >= 4 is 5.91 Å². The number of amides is 1. The van der Waals surface area contributed by atoms with Gasteiger partial charge in [-0.1, -0.05) is 6.92 Å². The Bertz CT molecular complexity index is 264. The van der Waals surface area contributed by atoms with E-state index >= 15 is 0 Å². The lowest BCUT2D eigenvalue weighted by atomic mass is 10.0. The zero-order chi connectivity index (χ0) is 11.6. The topological polar surface area (TPSA) is 64.8 Å². The lowest BCUT2D eigenvalue weighted by molar-refractivity contribution is -0.190. The smallest absolute Gasteiger partial charge is 0.221 e. The molecule has 5 heteroatoms. The first-order valence-corrected chi connectivity index (χ1v) is 5.91. The van der Waals surface area contributed by atoms with Gasteiger partial charge in [0.1, 0.15) is 0 Å². The largest absolute Gasteiger partial charge is 0.369 e. The van der Waals surface area contributed by atoms with Crippen LogP contribution in [0.25, 0.3) is 0 Å². The number of ether oxygens (including phenoxy) is 2. The van der Waals surface area contributed by atoms with Gasteiger partial charge in [0, 0.05) is 18.9 Å². The van der Waals surface area contributed by atoms with Crippen molar-refractivity contribution in [3.63, 3.8) is 0 Å². The second kappa shape index (κ2) is 4.69. The Labute approximate surface area is 95.9 Å². The Hall–Kier alpha value is -0.650. The molecule has 1 spiro atoms. The highest BCUT2D eigenvalue weighted by atomic mass is 16.7. The van der Waals surface area contributed by atoms with Crippen LogP contribution >= 0.6 is 0 Å². The van der Waals surface area contributed by atoms with E-state index in [2.05, 4.69) is 4.90 Å². The van der Waals surface area contributed by atoms with Gasteiger partial charge in [-0.3, -0.25) is 9.69 Å². The van der Waals surface area contributed by atoms with Crippen molar-refractivity contribution in [3.05, 3.63) is 0 Å². The maximum atomic E-state index is 11.0. The molecule has 0 aromatic carbocycles. The lowest BCUT2D eigenvalue weighted by Gasteiger charge is -2.39. The summed E-state index contributed by atoms with van der Waals surface area (Å²) in [6, 6.07) is 0. The molecule has 16 heavy (non-hydrogen) atoms. The van der Waals surface area contributed by atoms with Crippen LogP contribution in [0.3, 0.4) is 0 Å². The van der Waals surface area contributed by atoms with Gasteiger partial charge in [-0.25, -0.2) is 0 Å². The molecule has 0 aromatic heterocycles. The molecule has 2 aliphatic heterocycles. The number of nitrogens with zero attached hydrogens (tertiary/aromatic N) is 1. The summed E-state index contributed by atoms with van der Waals surface area (Å²) in [5, 5.41) is 0. The van der Waals surface area contributed by atoms with Crippen LogP contribution in [0.1, 0.15) is 19.8 Å². The van der Waals surface area contributed by atoms with Crippen molar-refractivity contribution < 1.29 is 14.3 Å². The third kappa shape index (κ3) is 2.53. The number of hydrogen-bond acceptors (Lipinski definition) is 4. The average molecular weight is 228 g/mol. The van der Waals surface area contributed by atoms with Crippen LogP contribution in [-0.2, 0) is 14.3 Å². The molecule has 1 atom stereocenters. The maximum absolute atomic E-state index is 11.0. The van der Waals surface area contributed by atoms with Gasteiger partial charge >= 0.3 is 0 Å². The monoisotopic (exact) mass is 228 g/mol. The second-order valence-electron chi connectivity index (χ2n) is 4.75. The maximum Gasteiger partial charge on any atom is 0.221 e. The first-order valence-electron chi connectivity index (χ1n) is 5.91. The van der Waals surface area contributed by atoms with Gasteiger partial charge < -0.3 is 15.2 Å². The molecule has 92 valence electrons. The molecule has 0 radical (unpaired) electrons. The van der Waals surface area contributed by atoms with E-state index in [1.165, 1.54) is 0 Å². The molecule has 2 N–H and O–H groups in total. The zero-order valence-corrected chi connectivity index (χ0v) is 9.78. The Kier molecular flexibility index (Phi) is 3.47. The third-order valence-electron chi connectivity index (χ3n) is 3.33. The third-order valence-corrected chi connectivity index (χ3v) is 3.33. The fourth-order valence-corrected chi connectivity index (χ4v) is 2.44. The van der Waals surface area contributed by atoms with E-state index in [1.807, 2.05) is 6.92 Å². The van der Waals surface area contributed by atoms with Crippen LogP contribution in [0.4, 0.5) is 0 Å². The average Bonchev–Trinajstić information content (AvgIpc) is 2.66. The highest BCUT2D eigenvalue weighted by molar-refractivity contribution is 5.76. The number of carbonyl (C=O) groups excluding carboxylic acids is 1. The van der Waals surface area contributed by atoms with E-state index in [-0.39, 0.29) is 11.8 Å². The predicted molar refractivity (Wildman–Crippen MR) is 58.7 cm³/mol. The fraction of sp³-hybridized carbons (Fsp3) is 0.909. The molecule has 1 unspecified atom stereocenters. The molecule has 0 bridgehead atoms. The number of piperidine rings is 1. The van der Waals surface area contributed by atoms with E-state index in [0.29, 0.717) is 19.8 Å². The molecule has 2 fully saturated rings. The second-order valence-corrected chi connectivity index (χ2v) is 4.75. The Balaban J connectivity index is 1.89. The summed E-state index contributed by atoms with van der Waals surface area (Å²) >= 11 is 0. The molecule has 2 heterocycles. The van der Waals surface area contributed by atoms with Gasteiger partial charge in [0.2, 0.25) is 5.91 Å². The van der Waals surface area contributed by atoms with E-state index in [9.17, 15) is 4.79 Å². The molecule has 0 aliphatic carbocycles. The van der Waals surface area contributed by atoms with Gasteiger partial charge in [-0.15, -0.1) is 0 Å². The fourth-order valence-electron chi connectivity index (χ4n) is 2.44. The van der Waals surface area contributed by atoms with Gasteiger partial charge in [-0.05, 0) is 13.0 Å². The van der Waals surface area contributed by atoms with Gasteiger partial charge in [0.25, 0.3) is 0 Å².